The summed E-state index contributed by atoms with van der Waals surface area (Å²) >= 11 is 4.15. The summed E-state index contributed by atoms with van der Waals surface area (Å²) in [4.78, 5) is 26.2. The van der Waals surface area contributed by atoms with E-state index in [1.165, 1.54) is 23.1 Å². The molecule has 12 nitrogen and oxygen atoms in total. The van der Waals surface area contributed by atoms with Crippen molar-refractivity contribution >= 4 is 51.8 Å². The number of benzene rings is 2. The van der Waals surface area contributed by atoms with E-state index in [9.17, 15) is 9.59 Å². The molecule has 0 fully saturated rings. The van der Waals surface area contributed by atoms with Gasteiger partial charge in [-0.1, -0.05) is 53.9 Å². The Balaban J connectivity index is 1.56. The smallest absolute Gasteiger partial charge is 0.251 e. The molecular weight excluding hydrogens is 635 g/mol. The highest BCUT2D eigenvalue weighted by Gasteiger charge is 2.21. The van der Waals surface area contributed by atoms with Crippen LogP contribution in [0, 0.1) is 13.8 Å². The highest BCUT2D eigenvalue weighted by molar-refractivity contribution is 8.01. The van der Waals surface area contributed by atoms with Crippen molar-refractivity contribution in [3.8, 4) is 22.9 Å². The van der Waals surface area contributed by atoms with Crippen LogP contribution in [0.15, 0.2) is 39.8 Å². The molecule has 2 N–H and O–H groups in total. The van der Waals surface area contributed by atoms with Crippen LogP contribution in [-0.2, 0) is 11.3 Å². The van der Waals surface area contributed by atoms with Gasteiger partial charge in [0.05, 0.1) is 37.8 Å². The van der Waals surface area contributed by atoms with Gasteiger partial charge in [0.15, 0.2) is 26.8 Å². The lowest BCUT2D eigenvalue weighted by molar-refractivity contribution is -0.113. The number of hydrogen-bond acceptors (Lipinski definition) is 12. The molecule has 0 aliphatic rings. The first kappa shape index (κ1) is 34.1. The van der Waals surface area contributed by atoms with E-state index in [2.05, 4.69) is 31.0 Å². The van der Waals surface area contributed by atoms with Gasteiger partial charge in [0.2, 0.25) is 16.8 Å². The summed E-state index contributed by atoms with van der Waals surface area (Å²) in [6.45, 7) is 12.9. The molecule has 0 unspecified atom stereocenters. The van der Waals surface area contributed by atoms with Crippen LogP contribution in [0.4, 0.5) is 5.13 Å². The van der Waals surface area contributed by atoms with E-state index in [1.807, 2.05) is 64.3 Å². The first-order chi connectivity index (χ1) is 21.8. The van der Waals surface area contributed by atoms with Gasteiger partial charge >= 0.3 is 0 Å². The molecule has 2 aromatic heterocycles. The minimum absolute atomic E-state index is 0.0791. The van der Waals surface area contributed by atoms with E-state index in [0.717, 1.165) is 26.9 Å². The zero-order chi connectivity index (χ0) is 32.3. The number of nitrogens with zero attached hydrogens (tertiary/aromatic N) is 5. The van der Waals surface area contributed by atoms with Gasteiger partial charge in [-0.25, -0.2) is 0 Å². The summed E-state index contributed by atoms with van der Waals surface area (Å²) in [7, 11) is 0. The summed E-state index contributed by atoms with van der Waals surface area (Å²) < 4.78 is 20.0. The molecule has 0 aliphatic heterocycles. The highest BCUT2D eigenvalue weighted by atomic mass is 32.2. The maximum absolute atomic E-state index is 13.4. The van der Waals surface area contributed by atoms with Crippen LogP contribution in [0.25, 0.3) is 5.69 Å². The molecule has 2 aromatic carbocycles. The zero-order valence-electron chi connectivity index (χ0n) is 26.1. The van der Waals surface area contributed by atoms with Gasteiger partial charge in [0.1, 0.15) is 0 Å². The lowest BCUT2D eigenvalue weighted by Gasteiger charge is -2.17. The molecule has 0 atom stereocenters. The molecule has 4 aromatic rings. The molecule has 0 saturated carbocycles. The number of rotatable bonds is 16. The van der Waals surface area contributed by atoms with Crippen LogP contribution >= 0.6 is 34.9 Å². The van der Waals surface area contributed by atoms with E-state index in [-0.39, 0.29) is 24.1 Å². The minimum Gasteiger partial charge on any atom is -0.490 e. The fourth-order valence-corrected chi connectivity index (χ4v) is 6.65. The Morgan fingerprint density at radius 3 is 2.27 bits per heavy atom. The third kappa shape index (κ3) is 8.89. The number of aromatic nitrogens is 5. The second-order valence-corrected chi connectivity index (χ2v) is 12.9. The van der Waals surface area contributed by atoms with Crippen molar-refractivity contribution in [2.45, 2.75) is 57.6 Å². The Labute approximate surface area is 275 Å². The molecule has 0 bridgehead atoms. The molecule has 0 spiro atoms. The summed E-state index contributed by atoms with van der Waals surface area (Å²) in [5.74, 6) is 2.20. The van der Waals surface area contributed by atoms with Crippen molar-refractivity contribution in [1.29, 1.82) is 0 Å². The number of amides is 2. The molecule has 0 radical (unpaired) electrons. The van der Waals surface area contributed by atoms with Crippen LogP contribution in [0.5, 0.6) is 17.2 Å². The second-order valence-electron chi connectivity index (χ2n) is 9.45. The van der Waals surface area contributed by atoms with E-state index >= 15 is 0 Å². The molecule has 45 heavy (non-hydrogen) atoms. The van der Waals surface area contributed by atoms with Crippen molar-refractivity contribution in [3.63, 3.8) is 0 Å². The predicted molar refractivity (Wildman–Crippen MR) is 178 cm³/mol. The minimum atomic E-state index is -0.346. The number of hydrogen-bond donors (Lipinski definition) is 2. The predicted octanol–water partition coefficient (Wildman–Crippen LogP) is 5.70. The quantitative estimate of drug-likeness (QED) is 0.112. The molecule has 15 heteroatoms. The Bertz CT molecular complexity index is 1600. The molecule has 0 aliphatic carbocycles. The second kappa shape index (κ2) is 16.5. The summed E-state index contributed by atoms with van der Waals surface area (Å²) in [5, 5.41) is 23.6. The zero-order valence-corrected chi connectivity index (χ0v) is 28.6. The summed E-state index contributed by atoms with van der Waals surface area (Å²) in [5.41, 5.74) is 3.25. The Hall–Kier alpha value is -3.82. The standard InChI is InChI=1S/C30H37N7O5S3/c1-7-40-22-14-20(15-23(41-8-2)26(22)42-9-3)27(39)31-16-24-33-35-29(37(24)21-13-18(5)11-12-19(21)6)44-17-25(38)32-28-34-36-30(45-28)43-10-4/h11-15H,7-10,16-17H2,1-6H3,(H,31,39)(H,32,34,38). The Morgan fingerprint density at radius 2 is 1.60 bits per heavy atom. The van der Waals surface area contributed by atoms with Crippen molar-refractivity contribution in [1.82, 2.24) is 30.3 Å². The van der Waals surface area contributed by atoms with Crippen molar-refractivity contribution < 1.29 is 23.8 Å². The van der Waals surface area contributed by atoms with E-state index < -0.39 is 0 Å². The van der Waals surface area contributed by atoms with Gasteiger partial charge in [-0.15, -0.1) is 20.4 Å². The molecule has 4 rings (SSSR count). The monoisotopic (exact) mass is 671 g/mol. The van der Waals surface area contributed by atoms with Crippen LogP contribution in [-0.4, -0.2) is 68.1 Å². The number of aryl methyl sites for hydroxylation is 2. The maximum atomic E-state index is 13.4. The fraction of sp³-hybridized carbons (Fsp3) is 0.400. The molecule has 240 valence electrons. The number of thioether (sulfide) groups is 2. The lowest BCUT2D eigenvalue weighted by Crippen LogP contribution is -2.25. The molecule has 2 heterocycles. The van der Waals surface area contributed by atoms with Crippen LogP contribution in [0.1, 0.15) is 55.0 Å². The van der Waals surface area contributed by atoms with Gasteiger partial charge in [-0.3, -0.25) is 19.5 Å². The van der Waals surface area contributed by atoms with Crippen molar-refractivity contribution in [3.05, 3.63) is 52.8 Å². The first-order valence-corrected chi connectivity index (χ1v) is 17.3. The van der Waals surface area contributed by atoms with Gasteiger partial charge < -0.3 is 19.5 Å². The van der Waals surface area contributed by atoms with Gasteiger partial charge in [-0.05, 0) is 69.7 Å². The molecule has 2 amide bonds. The average Bonchev–Trinajstić information content (AvgIpc) is 3.64. The third-order valence-corrected chi connectivity index (χ3v) is 8.92. The maximum Gasteiger partial charge on any atom is 0.251 e. The van der Waals surface area contributed by atoms with Gasteiger partial charge in [-0.2, -0.15) is 0 Å². The van der Waals surface area contributed by atoms with E-state index in [0.29, 0.717) is 58.7 Å². The van der Waals surface area contributed by atoms with Crippen molar-refractivity contribution in [2.75, 3.05) is 36.6 Å². The average molecular weight is 672 g/mol. The number of anilines is 1. The Kier molecular flexibility index (Phi) is 12.5. The van der Waals surface area contributed by atoms with E-state index in [4.69, 9.17) is 14.2 Å². The largest absolute Gasteiger partial charge is 0.490 e. The highest BCUT2D eigenvalue weighted by Crippen LogP contribution is 2.39. The van der Waals surface area contributed by atoms with Crippen LogP contribution < -0.4 is 24.8 Å². The SMILES string of the molecule is CCOc1cc(C(=O)NCc2nnc(SCC(=O)Nc3nnc(SCC)s3)n2-c2cc(C)ccc2C)cc(OCC)c1OCC. The number of nitrogens with one attached hydrogen (secondary N) is 2. The first-order valence-electron chi connectivity index (χ1n) is 14.5. The number of carbonyl (C=O) groups excluding carboxylic acids is 2. The Morgan fingerprint density at radius 1 is 0.889 bits per heavy atom. The van der Waals surface area contributed by atoms with E-state index in [1.54, 1.807) is 23.9 Å². The van der Waals surface area contributed by atoms with Crippen LogP contribution in [0.2, 0.25) is 0 Å². The fourth-order valence-electron chi connectivity index (χ4n) is 4.22. The number of ether oxygens (including phenoxy) is 3. The lowest BCUT2D eigenvalue weighted by atomic mass is 10.1. The molecule has 0 saturated heterocycles. The summed E-state index contributed by atoms with van der Waals surface area (Å²) in [6, 6.07) is 9.35. The topological polar surface area (TPSA) is 142 Å². The van der Waals surface area contributed by atoms with Crippen LogP contribution in [0.3, 0.4) is 0 Å². The van der Waals surface area contributed by atoms with Crippen molar-refractivity contribution in [2.24, 2.45) is 0 Å². The van der Waals surface area contributed by atoms with Gasteiger partial charge in [0.25, 0.3) is 5.91 Å². The normalized spacial score (nSPS) is 10.9. The summed E-state index contributed by atoms with van der Waals surface area (Å²) in [6.07, 6.45) is 0. The third-order valence-electron chi connectivity index (χ3n) is 6.14. The number of carbonyl (C=O) groups is 2. The molecular formula is C30H37N7O5S3. The van der Waals surface area contributed by atoms with Gasteiger partial charge in [0, 0.05) is 5.56 Å².